The number of hydrogen-bond donors (Lipinski definition) is 1. The average Bonchev–Trinajstić information content (AvgIpc) is 2.70. The van der Waals surface area contributed by atoms with Crippen molar-refractivity contribution in [3.05, 3.63) is 0 Å². The first-order valence-electron chi connectivity index (χ1n) is 5.97. The van der Waals surface area contributed by atoms with Crippen LogP contribution in [-0.2, 0) is 14.0 Å². The van der Waals surface area contributed by atoms with Crippen LogP contribution in [0, 0.1) is 0 Å². The molecule has 0 aromatic rings. The molecule has 0 bridgehead atoms. The molecular weight excluding hydrogens is 205 g/mol. The molecule has 2 fully saturated rings. The second-order valence-electron chi connectivity index (χ2n) is 5.73. The molecule has 2 aliphatic rings. The maximum Gasteiger partial charge on any atom is 0.476 e. The predicted molar refractivity (Wildman–Crippen MR) is 63.3 cm³/mol. The van der Waals surface area contributed by atoms with Gasteiger partial charge < -0.3 is 19.4 Å². The second kappa shape index (κ2) is 3.98. The zero-order chi connectivity index (χ0) is 12.0. The van der Waals surface area contributed by atoms with Gasteiger partial charge in [-0.3, -0.25) is 0 Å². The Hall–Kier alpha value is -0.0951. The van der Waals surface area contributed by atoms with Gasteiger partial charge in [-0.25, -0.2) is 0 Å². The normalized spacial score (nSPS) is 36.9. The third-order valence-electron chi connectivity index (χ3n) is 4.06. The van der Waals surface area contributed by atoms with E-state index >= 15 is 0 Å². The van der Waals surface area contributed by atoms with Gasteiger partial charge in [-0.15, -0.1) is 0 Å². The highest BCUT2D eigenvalue weighted by Crippen LogP contribution is 2.38. The monoisotopic (exact) mass is 227 g/mol. The largest absolute Gasteiger partial charge is 0.476 e. The Morgan fingerprint density at radius 1 is 1.19 bits per heavy atom. The van der Waals surface area contributed by atoms with Crippen LogP contribution in [0.5, 0.6) is 0 Å². The molecule has 0 saturated carbocycles. The summed E-state index contributed by atoms with van der Waals surface area (Å²) in [7, 11) is 1.59. The standard InChI is InChI=1S/C11H22BNO3/c1-10(2)11(3,4)16-12(15-10)9-6-8(14-5)7-13-9/h8-9,13H,6-7H2,1-5H3. The molecular formula is C11H22BNO3. The Kier molecular flexibility index (Phi) is 3.08. The lowest BCUT2D eigenvalue weighted by atomic mass is 9.77. The smallest absolute Gasteiger partial charge is 0.402 e. The fourth-order valence-corrected chi connectivity index (χ4v) is 2.17. The number of hydrogen-bond acceptors (Lipinski definition) is 4. The Balaban J connectivity index is 1.99. The zero-order valence-corrected chi connectivity index (χ0v) is 10.9. The van der Waals surface area contributed by atoms with Crippen LogP contribution < -0.4 is 5.32 Å². The fraction of sp³-hybridized carbons (Fsp3) is 1.00. The van der Waals surface area contributed by atoms with Gasteiger partial charge in [0, 0.05) is 19.6 Å². The van der Waals surface area contributed by atoms with E-state index in [1.807, 2.05) is 0 Å². The molecule has 2 unspecified atom stereocenters. The molecule has 5 heteroatoms. The molecule has 0 radical (unpaired) electrons. The van der Waals surface area contributed by atoms with Crippen molar-refractivity contribution in [3.8, 4) is 0 Å². The van der Waals surface area contributed by atoms with Gasteiger partial charge in [0.25, 0.3) is 0 Å². The van der Waals surface area contributed by atoms with E-state index in [0.29, 0.717) is 0 Å². The van der Waals surface area contributed by atoms with Gasteiger partial charge in [-0.1, -0.05) is 0 Å². The molecule has 2 saturated heterocycles. The van der Waals surface area contributed by atoms with Crippen LogP contribution in [0.25, 0.3) is 0 Å². The van der Waals surface area contributed by atoms with Crippen LogP contribution >= 0.6 is 0 Å². The molecule has 0 spiro atoms. The summed E-state index contributed by atoms with van der Waals surface area (Å²) in [5.41, 5.74) is -0.491. The summed E-state index contributed by atoms with van der Waals surface area (Å²) < 4.78 is 17.3. The van der Waals surface area contributed by atoms with Crippen LogP contribution in [-0.4, -0.2) is 44.0 Å². The number of methoxy groups -OCH3 is 1. The molecule has 0 amide bonds. The Morgan fingerprint density at radius 2 is 1.75 bits per heavy atom. The van der Waals surface area contributed by atoms with Crippen molar-refractivity contribution in [3.63, 3.8) is 0 Å². The van der Waals surface area contributed by atoms with E-state index in [2.05, 4.69) is 33.0 Å². The molecule has 2 aliphatic heterocycles. The first kappa shape index (κ1) is 12.4. The average molecular weight is 227 g/mol. The van der Waals surface area contributed by atoms with Crippen LogP contribution in [0.1, 0.15) is 34.1 Å². The lowest BCUT2D eigenvalue weighted by Crippen LogP contribution is -2.41. The highest BCUT2D eigenvalue weighted by Gasteiger charge is 2.54. The third kappa shape index (κ3) is 2.01. The topological polar surface area (TPSA) is 39.7 Å². The Labute approximate surface area is 98.2 Å². The van der Waals surface area contributed by atoms with Crippen LogP contribution in [0.3, 0.4) is 0 Å². The minimum Gasteiger partial charge on any atom is -0.402 e. The zero-order valence-electron chi connectivity index (χ0n) is 10.9. The molecule has 0 aliphatic carbocycles. The molecule has 2 rings (SSSR count). The van der Waals surface area contributed by atoms with Crippen molar-refractivity contribution in [1.82, 2.24) is 5.32 Å². The second-order valence-corrected chi connectivity index (χ2v) is 5.73. The van der Waals surface area contributed by atoms with Gasteiger partial charge in [0.05, 0.1) is 17.3 Å². The van der Waals surface area contributed by atoms with E-state index in [1.54, 1.807) is 7.11 Å². The van der Waals surface area contributed by atoms with E-state index in [-0.39, 0.29) is 30.4 Å². The van der Waals surface area contributed by atoms with Gasteiger partial charge in [0.1, 0.15) is 0 Å². The van der Waals surface area contributed by atoms with E-state index in [0.717, 1.165) is 13.0 Å². The highest BCUT2D eigenvalue weighted by atomic mass is 16.7. The SMILES string of the molecule is COC1CNC(B2OC(C)(C)C(C)(C)O2)C1. The molecule has 1 N–H and O–H groups in total. The van der Waals surface area contributed by atoms with Crippen LogP contribution in [0.2, 0.25) is 0 Å². The van der Waals surface area contributed by atoms with Crippen molar-refractivity contribution in [2.24, 2.45) is 0 Å². The Morgan fingerprint density at radius 3 is 2.19 bits per heavy atom. The minimum absolute atomic E-state index is 0.162. The van der Waals surface area contributed by atoms with Crippen molar-refractivity contribution in [1.29, 1.82) is 0 Å². The summed E-state index contributed by atoms with van der Waals surface area (Å²) in [6, 6.07) is 0. The van der Waals surface area contributed by atoms with E-state index in [9.17, 15) is 0 Å². The maximum absolute atomic E-state index is 6.00. The van der Waals surface area contributed by atoms with Crippen LogP contribution in [0.4, 0.5) is 0 Å². The molecule has 2 atom stereocenters. The lowest BCUT2D eigenvalue weighted by Gasteiger charge is -2.32. The summed E-state index contributed by atoms with van der Waals surface area (Å²) in [5, 5.41) is 3.40. The number of ether oxygens (including phenoxy) is 1. The Bertz CT molecular complexity index is 254. The summed E-state index contributed by atoms with van der Waals surface area (Å²) in [4.78, 5) is 0. The fourth-order valence-electron chi connectivity index (χ4n) is 2.17. The molecule has 16 heavy (non-hydrogen) atoms. The van der Waals surface area contributed by atoms with E-state index in [1.165, 1.54) is 0 Å². The van der Waals surface area contributed by atoms with Crippen molar-refractivity contribution < 1.29 is 14.0 Å². The van der Waals surface area contributed by atoms with Crippen LogP contribution in [0.15, 0.2) is 0 Å². The van der Waals surface area contributed by atoms with Gasteiger partial charge >= 0.3 is 7.12 Å². The summed E-state index contributed by atoms with van der Waals surface area (Å²) >= 11 is 0. The van der Waals surface area contributed by atoms with Crippen molar-refractivity contribution >= 4 is 7.12 Å². The molecule has 0 aromatic heterocycles. The summed E-state index contributed by atoms with van der Waals surface area (Å²) in [6.07, 6.45) is 1.23. The quantitative estimate of drug-likeness (QED) is 0.714. The molecule has 4 nitrogen and oxygen atoms in total. The molecule has 2 heterocycles. The lowest BCUT2D eigenvalue weighted by molar-refractivity contribution is 0.00578. The van der Waals surface area contributed by atoms with E-state index < -0.39 is 0 Å². The van der Waals surface area contributed by atoms with Gasteiger partial charge in [-0.2, -0.15) is 0 Å². The molecule has 0 aromatic carbocycles. The summed E-state index contributed by atoms with van der Waals surface area (Å²) in [5.74, 6) is 0.242. The first-order valence-corrected chi connectivity index (χ1v) is 5.97. The van der Waals surface area contributed by atoms with Gasteiger partial charge in [0.15, 0.2) is 0 Å². The molecule has 92 valence electrons. The summed E-state index contributed by atoms with van der Waals surface area (Å²) in [6.45, 7) is 9.20. The first-order chi connectivity index (χ1) is 7.36. The minimum atomic E-state index is -0.246. The predicted octanol–water partition coefficient (Wildman–Crippen LogP) is 0.995. The van der Waals surface area contributed by atoms with E-state index in [4.69, 9.17) is 14.0 Å². The highest BCUT2D eigenvalue weighted by molar-refractivity contribution is 6.47. The maximum atomic E-state index is 6.00. The van der Waals surface area contributed by atoms with Crippen molar-refractivity contribution in [2.75, 3.05) is 13.7 Å². The third-order valence-corrected chi connectivity index (χ3v) is 4.06. The van der Waals surface area contributed by atoms with Gasteiger partial charge in [-0.05, 0) is 34.1 Å². The number of nitrogens with one attached hydrogen (secondary N) is 1. The number of rotatable bonds is 2. The van der Waals surface area contributed by atoms with Crippen molar-refractivity contribution in [2.45, 2.75) is 57.4 Å². The van der Waals surface area contributed by atoms with Gasteiger partial charge in [0.2, 0.25) is 0 Å².